The van der Waals surface area contributed by atoms with Crippen molar-refractivity contribution in [3.63, 3.8) is 0 Å². The Labute approximate surface area is 189 Å². The second-order valence-corrected chi connectivity index (χ2v) is 7.92. The lowest BCUT2D eigenvalue weighted by atomic mass is 10.1. The van der Waals surface area contributed by atoms with Crippen LogP contribution in [-0.4, -0.2) is 51.5 Å². The van der Waals surface area contributed by atoms with Crippen LogP contribution in [-0.2, 0) is 32.1 Å². The van der Waals surface area contributed by atoms with Crippen LogP contribution in [0.5, 0.6) is 0 Å². The summed E-state index contributed by atoms with van der Waals surface area (Å²) in [5, 5.41) is 6.66. The van der Waals surface area contributed by atoms with Crippen LogP contribution in [0.25, 0.3) is 11.3 Å². The molecular weight excluding hydrogens is 428 g/mol. The smallest absolute Gasteiger partial charge is 0.302 e. The molecule has 172 valence electrons. The molecule has 10 nitrogen and oxygen atoms in total. The zero-order valence-corrected chi connectivity index (χ0v) is 18.3. The quantitative estimate of drug-likeness (QED) is 0.540. The highest BCUT2D eigenvalue weighted by Crippen LogP contribution is 2.23. The highest BCUT2D eigenvalue weighted by atomic mass is 16.5. The number of nitrogens with zero attached hydrogens (tertiary/aromatic N) is 3. The summed E-state index contributed by atoms with van der Waals surface area (Å²) >= 11 is 0. The van der Waals surface area contributed by atoms with Crippen molar-refractivity contribution in [2.75, 3.05) is 6.54 Å². The second kappa shape index (κ2) is 9.68. The molecule has 10 heteroatoms. The van der Waals surface area contributed by atoms with Crippen molar-refractivity contribution in [2.45, 2.75) is 45.4 Å². The van der Waals surface area contributed by atoms with Crippen LogP contribution in [0.4, 0.5) is 0 Å². The number of carbonyl (C=O) groups is 3. The van der Waals surface area contributed by atoms with E-state index in [9.17, 15) is 14.4 Å². The van der Waals surface area contributed by atoms with E-state index in [-0.39, 0.29) is 37.7 Å². The summed E-state index contributed by atoms with van der Waals surface area (Å²) in [7, 11) is 0. The van der Waals surface area contributed by atoms with Crippen LogP contribution >= 0.6 is 0 Å². The Morgan fingerprint density at radius 2 is 2.03 bits per heavy atom. The predicted molar refractivity (Wildman–Crippen MR) is 114 cm³/mol. The third-order valence-corrected chi connectivity index (χ3v) is 5.36. The molecule has 1 aromatic carbocycles. The number of hydrogen-bond donors (Lipinski definition) is 1. The summed E-state index contributed by atoms with van der Waals surface area (Å²) in [6.45, 7) is 3.50. The zero-order chi connectivity index (χ0) is 23.4. The number of hydrogen-bond acceptors (Lipinski definition) is 8. The standard InChI is InChI=1S/C23H24N4O6/c1-14-7-18(33-26-14)9-22(29)27-12-19(32-15(2)28)8-20(27)23(30)25-10-16-3-5-17(6-4-16)21-11-24-13-31-21/h3-7,11,13,19-20H,8-10,12H2,1-2H3,(H,25,30). The molecule has 1 fully saturated rings. The van der Waals surface area contributed by atoms with Gasteiger partial charge in [-0.25, -0.2) is 4.98 Å². The first-order valence-electron chi connectivity index (χ1n) is 10.5. The van der Waals surface area contributed by atoms with Crippen molar-refractivity contribution in [2.24, 2.45) is 0 Å². The molecule has 33 heavy (non-hydrogen) atoms. The second-order valence-electron chi connectivity index (χ2n) is 7.92. The summed E-state index contributed by atoms with van der Waals surface area (Å²) in [6.07, 6.45) is 2.66. The first kappa shape index (κ1) is 22.3. The van der Waals surface area contributed by atoms with Crippen LogP contribution in [0.1, 0.15) is 30.4 Å². The van der Waals surface area contributed by atoms with Crippen LogP contribution in [0.3, 0.4) is 0 Å². The molecule has 0 radical (unpaired) electrons. The van der Waals surface area contributed by atoms with Gasteiger partial charge in [-0.2, -0.15) is 0 Å². The van der Waals surface area contributed by atoms with Crippen LogP contribution < -0.4 is 5.32 Å². The van der Waals surface area contributed by atoms with Gasteiger partial charge in [0.2, 0.25) is 11.8 Å². The molecule has 0 spiro atoms. The molecule has 2 unspecified atom stereocenters. The maximum absolute atomic E-state index is 13.0. The minimum atomic E-state index is -0.751. The molecule has 3 heterocycles. The fourth-order valence-electron chi connectivity index (χ4n) is 3.84. The number of rotatable bonds is 7. The molecule has 1 N–H and O–H groups in total. The van der Waals surface area contributed by atoms with Gasteiger partial charge in [0.05, 0.1) is 24.9 Å². The number of likely N-dealkylation sites (tertiary alicyclic amines) is 1. The van der Waals surface area contributed by atoms with Gasteiger partial charge in [-0.1, -0.05) is 29.4 Å². The van der Waals surface area contributed by atoms with Crippen molar-refractivity contribution in [3.05, 3.63) is 59.9 Å². The van der Waals surface area contributed by atoms with E-state index in [1.54, 1.807) is 19.2 Å². The van der Waals surface area contributed by atoms with Crippen LogP contribution in [0.15, 0.2) is 51.9 Å². The van der Waals surface area contributed by atoms with Gasteiger partial charge in [-0.3, -0.25) is 14.4 Å². The van der Waals surface area contributed by atoms with Gasteiger partial charge in [0.1, 0.15) is 17.9 Å². The SMILES string of the molecule is CC(=O)OC1CC(C(=O)NCc2ccc(-c3cnco3)cc2)N(C(=O)Cc2cc(C)no2)C1. The highest BCUT2D eigenvalue weighted by Gasteiger charge is 2.41. The largest absolute Gasteiger partial charge is 0.461 e. The van der Waals surface area contributed by atoms with E-state index in [2.05, 4.69) is 15.5 Å². The summed E-state index contributed by atoms with van der Waals surface area (Å²) in [6, 6.07) is 8.44. The number of oxazole rings is 1. The van der Waals surface area contributed by atoms with E-state index in [4.69, 9.17) is 13.7 Å². The summed E-state index contributed by atoms with van der Waals surface area (Å²) < 4.78 is 15.7. The van der Waals surface area contributed by atoms with E-state index in [1.165, 1.54) is 18.2 Å². The average Bonchev–Trinajstić information content (AvgIpc) is 3.53. The van der Waals surface area contributed by atoms with Gasteiger partial charge >= 0.3 is 5.97 Å². The van der Waals surface area contributed by atoms with Crippen LogP contribution in [0, 0.1) is 6.92 Å². The average molecular weight is 452 g/mol. The molecule has 1 aliphatic heterocycles. The Kier molecular flexibility index (Phi) is 6.53. The Bertz CT molecular complexity index is 1120. The summed E-state index contributed by atoms with van der Waals surface area (Å²) in [4.78, 5) is 42.6. The summed E-state index contributed by atoms with van der Waals surface area (Å²) in [5.74, 6) is 0.0122. The normalized spacial score (nSPS) is 17.7. The number of esters is 1. The number of ether oxygens (including phenoxy) is 1. The van der Waals surface area contributed by atoms with Crippen molar-refractivity contribution >= 4 is 17.8 Å². The van der Waals surface area contributed by atoms with E-state index in [0.29, 0.717) is 17.2 Å². The first-order valence-corrected chi connectivity index (χ1v) is 10.5. The Hall–Kier alpha value is -3.95. The Balaban J connectivity index is 1.40. The third kappa shape index (κ3) is 5.46. The number of carbonyl (C=O) groups excluding carboxylic acids is 3. The number of amides is 2. The topological polar surface area (TPSA) is 128 Å². The van der Waals surface area contributed by atoms with E-state index in [0.717, 1.165) is 11.1 Å². The number of nitrogens with one attached hydrogen (secondary N) is 1. The molecule has 4 rings (SSSR count). The van der Waals surface area contributed by atoms with Gasteiger partial charge in [-0.05, 0) is 12.5 Å². The number of benzene rings is 1. The lowest BCUT2D eigenvalue weighted by Gasteiger charge is -2.23. The molecular formula is C23H24N4O6. The molecule has 1 aliphatic rings. The lowest BCUT2D eigenvalue weighted by molar-refractivity contribution is -0.146. The molecule has 3 aromatic rings. The fraction of sp³-hybridized carbons (Fsp3) is 0.348. The molecule has 1 saturated heterocycles. The summed E-state index contributed by atoms with van der Waals surface area (Å²) in [5.41, 5.74) is 2.43. The molecule has 2 aromatic heterocycles. The number of aromatic nitrogens is 2. The molecule has 2 amide bonds. The van der Waals surface area contributed by atoms with Crippen molar-refractivity contribution in [1.82, 2.24) is 20.4 Å². The maximum Gasteiger partial charge on any atom is 0.302 e. The van der Waals surface area contributed by atoms with E-state index in [1.807, 2.05) is 24.3 Å². The van der Waals surface area contributed by atoms with Crippen molar-refractivity contribution < 1.29 is 28.1 Å². The molecule has 0 saturated carbocycles. The zero-order valence-electron chi connectivity index (χ0n) is 18.3. The molecule has 0 bridgehead atoms. The van der Waals surface area contributed by atoms with Crippen molar-refractivity contribution in [3.8, 4) is 11.3 Å². The van der Waals surface area contributed by atoms with Gasteiger partial charge in [0, 0.05) is 31.5 Å². The minimum Gasteiger partial charge on any atom is -0.461 e. The first-order chi connectivity index (χ1) is 15.9. The fourth-order valence-corrected chi connectivity index (χ4v) is 3.84. The van der Waals surface area contributed by atoms with Crippen LogP contribution in [0.2, 0.25) is 0 Å². The van der Waals surface area contributed by atoms with Crippen molar-refractivity contribution in [1.29, 1.82) is 0 Å². The monoisotopic (exact) mass is 452 g/mol. The van der Waals surface area contributed by atoms with E-state index >= 15 is 0 Å². The highest BCUT2D eigenvalue weighted by molar-refractivity contribution is 5.89. The lowest BCUT2D eigenvalue weighted by Crippen LogP contribution is -2.46. The third-order valence-electron chi connectivity index (χ3n) is 5.36. The number of aryl methyl sites for hydroxylation is 1. The Morgan fingerprint density at radius 3 is 2.67 bits per heavy atom. The van der Waals surface area contributed by atoms with Gasteiger partial charge in [0.15, 0.2) is 12.2 Å². The molecule has 0 aliphatic carbocycles. The maximum atomic E-state index is 13.0. The Morgan fingerprint density at radius 1 is 1.24 bits per heavy atom. The minimum absolute atomic E-state index is 0.0273. The van der Waals surface area contributed by atoms with Gasteiger partial charge < -0.3 is 23.9 Å². The van der Waals surface area contributed by atoms with Gasteiger partial charge in [0.25, 0.3) is 0 Å². The molecule has 2 atom stereocenters. The van der Waals surface area contributed by atoms with Gasteiger partial charge in [-0.15, -0.1) is 0 Å². The van der Waals surface area contributed by atoms with E-state index < -0.39 is 18.1 Å². The predicted octanol–water partition coefficient (Wildman–Crippen LogP) is 2.03.